The molecule has 0 aromatic heterocycles. The molecule has 1 unspecified atom stereocenters. The number of likely N-dealkylation sites (N-methyl/N-ethyl adjacent to an activating group) is 1. The summed E-state index contributed by atoms with van der Waals surface area (Å²) in [6.45, 7) is 7.55. The molecule has 0 bridgehead atoms. The van der Waals surface area contributed by atoms with E-state index in [9.17, 15) is 0 Å². The molecule has 3 heteroatoms. The zero-order valence-corrected chi connectivity index (χ0v) is 13.5. The van der Waals surface area contributed by atoms with Crippen molar-refractivity contribution in [3.8, 4) is 0 Å². The van der Waals surface area contributed by atoms with Crippen molar-refractivity contribution >= 4 is 0 Å². The topological polar surface area (TPSA) is 24.5 Å². The number of hydrogen-bond donors (Lipinski definition) is 1. The third-order valence-corrected chi connectivity index (χ3v) is 4.58. The lowest BCUT2D eigenvalue weighted by atomic mass is 9.84. The quantitative estimate of drug-likeness (QED) is 0.697. The van der Waals surface area contributed by atoms with Crippen LogP contribution in [0.15, 0.2) is 0 Å². The summed E-state index contributed by atoms with van der Waals surface area (Å²) in [7, 11) is 4.08. The second-order valence-corrected chi connectivity index (χ2v) is 6.13. The number of nitrogens with zero attached hydrogens (tertiary/aromatic N) is 1. The van der Waals surface area contributed by atoms with Gasteiger partial charge < -0.3 is 15.0 Å². The van der Waals surface area contributed by atoms with Gasteiger partial charge in [0.25, 0.3) is 0 Å². The Morgan fingerprint density at radius 3 is 2.42 bits per heavy atom. The van der Waals surface area contributed by atoms with Gasteiger partial charge in [0.1, 0.15) is 0 Å². The Morgan fingerprint density at radius 1 is 1.21 bits per heavy atom. The molecular weight excluding hydrogens is 236 g/mol. The van der Waals surface area contributed by atoms with E-state index in [4.69, 9.17) is 4.74 Å². The third kappa shape index (κ3) is 6.24. The highest BCUT2D eigenvalue weighted by molar-refractivity contribution is 4.80. The summed E-state index contributed by atoms with van der Waals surface area (Å²) in [6, 6.07) is 1.25. The SMILES string of the molecule is CCCNC(COC)CN(C)C1CCC(CC)CC1. The first kappa shape index (κ1) is 16.9. The average Bonchev–Trinajstić information content (AvgIpc) is 2.45. The van der Waals surface area contributed by atoms with Crippen molar-refractivity contribution < 1.29 is 4.74 Å². The van der Waals surface area contributed by atoms with E-state index in [1.807, 2.05) is 0 Å². The van der Waals surface area contributed by atoms with E-state index in [2.05, 4.69) is 31.1 Å². The fraction of sp³-hybridized carbons (Fsp3) is 1.00. The molecule has 1 saturated carbocycles. The molecule has 0 radical (unpaired) electrons. The maximum atomic E-state index is 5.33. The van der Waals surface area contributed by atoms with Crippen molar-refractivity contribution in [2.24, 2.45) is 5.92 Å². The van der Waals surface area contributed by atoms with Gasteiger partial charge in [0.2, 0.25) is 0 Å². The van der Waals surface area contributed by atoms with Crippen molar-refractivity contribution in [3.05, 3.63) is 0 Å². The molecule has 114 valence electrons. The maximum absolute atomic E-state index is 5.33. The van der Waals surface area contributed by atoms with Crippen molar-refractivity contribution in [1.29, 1.82) is 0 Å². The van der Waals surface area contributed by atoms with Crippen LogP contribution in [0.2, 0.25) is 0 Å². The molecule has 1 fully saturated rings. The van der Waals surface area contributed by atoms with Crippen LogP contribution in [0.3, 0.4) is 0 Å². The summed E-state index contributed by atoms with van der Waals surface area (Å²) >= 11 is 0. The van der Waals surface area contributed by atoms with Gasteiger partial charge in [0, 0.05) is 25.7 Å². The minimum Gasteiger partial charge on any atom is -0.383 e. The normalized spacial score (nSPS) is 25.7. The Balaban J connectivity index is 2.32. The Morgan fingerprint density at radius 2 is 1.89 bits per heavy atom. The monoisotopic (exact) mass is 270 g/mol. The summed E-state index contributed by atoms with van der Waals surface area (Å²) in [4.78, 5) is 2.55. The lowest BCUT2D eigenvalue weighted by Gasteiger charge is -2.36. The van der Waals surface area contributed by atoms with Crippen LogP contribution in [0.25, 0.3) is 0 Å². The van der Waals surface area contributed by atoms with Crippen LogP contribution in [0.5, 0.6) is 0 Å². The van der Waals surface area contributed by atoms with E-state index in [0.29, 0.717) is 6.04 Å². The minimum atomic E-state index is 0.471. The number of nitrogens with one attached hydrogen (secondary N) is 1. The Bertz CT molecular complexity index is 215. The van der Waals surface area contributed by atoms with Crippen LogP contribution < -0.4 is 5.32 Å². The molecule has 0 heterocycles. The molecule has 0 aromatic carbocycles. The third-order valence-electron chi connectivity index (χ3n) is 4.58. The van der Waals surface area contributed by atoms with Crippen LogP contribution in [0, 0.1) is 5.92 Å². The molecule has 1 aliphatic rings. The molecule has 0 spiro atoms. The lowest BCUT2D eigenvalue weighted by molar-refractivity contribution is 0.112. The van der Waals surface area contributed by atoms with Gasteiger partial charge in [0.05, 0.1) is 6.61 Å². The second-order valence-electron chi connectivity index (χ2n) is 6.13. The zero-order valence-electron chi connectivity index (χ0n) is 13.5. The fourth-order valence-corrected chi connectivity index (χ4v) is 3.22. The van der Waals surface area contributed by atoms with Gasteiger partial charge in [-0.2, -0.15) is 0 Å². The number of hydrogen-bond acceptors (Lipinski definition) is 3. The molecule has 1 N–H and O–H groups in total. The number of rotatable bonds is 9. The first-order chi connectivity index (χ1) is 9.21. The average molecular weight is 270 g/mol. The number of ether oxygens (including phenoxy) is 1. The number of methoxy groups -OCH3 is 1. The maximum Gasteiger partial charge on any atom is 0.0628 e. The molecule has 1 atom stereocenters. The molecule has 19 heavy (non-hydrogen) atoms. The van der Waals surface area contributed by atoms with E-state index >= 15 is 0 Å². The van der Waals surface area contributed by atoms with E-state index in [1.54, 1.807) is 7.11 Å². The van der Waals surface area contributed by atoms with E-state index in [-0.39, 0.29) is 0 Å². The molecular formula is C16H34N2O. The molecule has 0 aromatic rings. The van der Waals surface area contributed by atoms with Gasteiger partial charge in [-0.3, -0.25) is 0 Å². The van der Waals surface area contributed by atoms with Crippen LogP contribution in [0.4, 0.5) is 0 Å². The van der Waals surface area contributed by atoms with Gasteiger partial charge in [-0.05, 0) is 51.6 Å². The zero-order chi connectivity index (χ0) is 14.1. The predicted octanol–water partition coefficient (Wildman–Crippen LogP) is 2.90. The lowest BCUT2D eigenvalue weighted by Crippen LogP contribution is -2.46. The van der Waals surface area contributed by atoms with Crippen LogP contribution in [0.1, 0.15) is 52.4 Å². The van der Waals surface area contributed by atoms with Crippen molar-refractivity contribution in [2.75, 3.05) is 33.9 Å². The Kier molecular flexibility index (Phi) is 8.67. The van der Waals surface area contributed by atoms with Gasteiger partial charge >= 0.3 is 0 Å². The van der Waals surface area contributed by atoms with Crippen LogP contribution in [-0.2, 0) is 4.74 Å². The van der Waals surface area contributed by atoms with E-state index in [0.717, 1.165) is 31.7 Å². The molecule has 0 aliphatic heterocycles. The van der Waals surface area contributed by atoms with Gasteiger partial charge in [-0.15, -0.1) is 0 Å². The molecule has 1 aliphatic carbocycles. The molecule has 0 saturated heterocycles. The van der Waals surface area contributed by atoms with Crippen LogP contribution >= 0.6 is 0 Å². The summed E-state index contributed by atoms with van der Waals surface area (Å²) in [5.41, 5.74) is 0. The minimum absolute atomic E-state index is 0.471. The Labute approximate surface area is 120 Å². The highest BCUT2D eigenvalue weighted by Gasteiger charge is 2.24. The fourth-order valence-electron chi connectivity index (χ4n) is 3.22. The van der Waals surface area contributed by atoms with Crippen molar-refractivity contribution in [3.63, 3.8) is 0 Å². The second kappa shape index (κ2) is 9.73. The highest BCUT2D eigenvalue weighted by atomic mass is 16.5. The molecule has 3 nitrogen and oxygen atoms in total. The van der Waals surface area contributed by atoms with Gasteiger partial charge in [0.15, 0.2) is 0 Å². The first-order valence-electron chi connectivity index (χ1n) is 8.13. The molecule has 1 rings (SSSR count). The first-order valence-corrected chi connectivity index (χ1v) is 8.13. The highest BCUT2D eigenvalue weighted by Crippen LogP contribution is 2.28. The van der Waals surface area contributed by atoms with Crippen LogP contribution in [-0.4, -0.2) is 50.8 Å². The van der Waals surface area contributed by atoms with Gasteiger partial charge in [-0.25, -0.2) is 0 Å². The summed E-state index contributed by atoms with van der Waals surface area (Å²) in [5.74, 6) is 0.984. The summed E-state index contributed by atoms with van der Waals surface area (Å²) < 4.78 is 5.33. The standard InChI is InChI=1S/C16H34N2O/c1-5-11-17-15(13-19-4)12-18(3)16-9-7-14(6-2)8-10-16/h14-17H,5-13H2,1-4H3. The summed E-state index contributed by atoms with van der Waals surface area (Å²) in [6.07, 6.45) is 8.14. The molecule has 0 amide bonds. The van der Waals surface area contributed by atoms with Crippen molar-refractivity contribution in [2.45, 2.75) is 64.5 Å². The predicted molar refractivity (Wildman–Crippen MR) is 82.6 cm³/mol. The summed E-state index contributed by atoms with van der Waals surface area (Å²) in [5, 5.41) is 3.59. The Hall–Kier alpha value is -0.120. The van der Waals surface area contributed by atoms with Crippen molar-refractivity contribution in [1.82, 2.24) is 10.2 Å². The smallest absolute Gasteiger partial charge is 0.0628 e. The van der Waals surface area contributed by atoms with E-state index < -0.39 is 0 Å². The van der Waals surface area contributed by atoms with E-state index in [1.165, 1.54) is 38.5 Å². The largest absolute Gasteiger partial charge is 0.383 e. The van der Waals surface area contributed by atoms with Gasteiger partial charge in [-0.1, -0.05) is 20.3 Å².